The van der Waals surface area contributed by atoms with Crippen molar-refractivity contribution in [3.05, 3.63) is 20.6 Å². The molecule has 0 aromatic heterocycles. The standard InChI is InChI=1S/C10H14N4O8/c1-4-8(20-5(2)15)9(21-6(3)16)7(12-13-11)10(19-4)22-14(17)18/h4,7-10H,1-3H3/t4-,7?,8+,9-,10?/m0/s1. The molecule has 1 heterocycles. The summed E-state index contributed by atoms with van der Waals surface area (Å²) in [6.45, 7) is 3.65. The van der Waals surface area contributed by atoms with Crippen molar-refractivity contribution in [1.82, 2.24) is 0 Å². The molecule has 5 atom stereocenters. The molecule has 0 N–H and O–H groups in total. The van der Waals surface area contributed by atoms with E-state index in [1.165, 1.54) is 6.92 Å². The van der Waals surface area contributed by atoms with E-state index in [9.17, 15) is 19.7 Å². The van der Waals surface area contributed by atoms with Crippen LogP contribution in [-0.2, 0) is 28.6 Å². The van der Waals surface area contributed by atoms with Gasteiger partial charge in [0, 0.05) is 18.8 Å². The Morgan fingerprint density at radius 3 is 2.27 bits per heavy atom. The van der Waals surface area contributed by atoms with Crippen LogP contribution in [-0.4, -0.2) is 47.7 Å². The third-order valence-corrected chi connectivity index (χ3v) is 2.73. The Bertz CT molecular complexity index is 505. The van der Waals surface area contributed by atoms with Crippen LogP contribution in [0.3, 0.4) is 0 Å². The SMILES string of the molecule is CC(=O)O[C@@H]1[C@H](C)OC(O[N+](=O)[O-])C(N=[N+]=[N-])[C@@H]1OC(C)=O. The molecule has 0 saturated carbocycles. The van der Waals surface area contributed by atoms with Crippen LogP contribution in [0.5, 0.6) is 0 Å². The first-order valence-corrected chi connectivity index (χ1v) is 6.11. The Labute approximate surface area is 124 Å². The van der Waals surface area contributed by atoms with Gasteiger partial charge in [-0.05, 0) is 12.5 Å². The smallest absolute Gasteiger partial charge is 0.303 e. The van der Waals surface area contributed by atoms with Gasteiger partial charge in [-0.2, -0.15) is 0 Å². The Balaban J connectivity index is 3.16. The third kappa shape index (κ3) is 4.46. The number of nitrogens with zero attached hydrogens (tertiary/aromatic N) is 4. The predicted molar refractivity (Wildman–Crippen MR) is 66.5 cm³/mol. The summed E-state index contributed by atoms with van der Waals surface area (Å²) in [5.74, 6) is -1.44. The van der Waals surface area contributed by atoms with Crippen LogP contribution in [0, 0.1) is 10.1 Å². The predicted octanol–water partition coefficient (Wildman–Crippen LogP) is 0.482. The molecule has 0 aromatic rings. The van der Waals surface area contributed by atoms with Crippen molar-refractivity contribution in [1.29, 1.82) is 0 Å². The van der Waals surface area contributed by atoms with Crippen molar-refractivity contribution < 1.29 is 33.7 Å². The minimum atomic E-state index is -1.60. The van der Waals surface area contributed by atoms with Gasteiger partial charge in [-0.3, -0.25) is 14.4 Å². The number of azide groups is 1. The topological polar surface area (TPSA) is 163 Å². The summed E-state index contributed by atoms with van der Waals surface area (Å²) >= 11 is 0. The van der Waals surface area contributed by atoms with Crippen LogP contribution in [0.25, 0.3) is 10.4 Å². The first kappa shape index (κ1) is 17.5. The van der Waals surface area contributed by atoms with Crippen molar-refractivity contribution in [2.75, 3.05) is 0 Å². The lowest BCUT2D eigenvalue weighted by Crippen LogP contribution is -2.59. The quantitative estimate of drug-likeness (QED) is 0.176. The molecular formula is C10H14N4O8. The van der Waals surface area contributed by atoms with E-state index in [0.717, 1.165) is 13.8 Å². The number of hydrogen-bond donors (Lipinski definition) is 0. The molecule has 1 rings (SSSR count). The van der Waals surface area contributed by atoms with Crippen LogP contribution in [0.4, 0.5) is 0 Å². The lowest BCUT2D eigenvalue weighted by molar-refractivity contribution is -0.783. The van der Waals surface area contributed by atoms with Crippen LogP contribution < -0.4 is 0 Å². The molecule has 122 valence electrons. The third-order valence-electron chi connectivity index (χ3n) is 2.73. The van der Waals surface area contributed by atoms with Gasteiger partial charge >= 0.3 is 11.9 Å². The Hall–Kier alpha value is -2.59. The fourth-order valence-electron chi connectivity index (χ4n) is 2.02. The van der Waals surface area contributed by atoms with Gasteiger partial charge < -0.3 is 14.2 Å². The van der Waals surface area contributed by atoms with Crippen molar-refractivity contribution >= 4 is 11.9 Å². The van der Waals surface area contributed by atoms with Crippen molar-refractivity contribution in [2.45, 2.75) is 51.4 Å². The molecule has 12 heteroatoms. The number of carbonyl (C=O) groups excluding carboxylic acids is 2. The van der Waals surface area contributed by atoms with Gasteiger partial charge in [0.15, 0.2) is 12.2 Å². The first-order valence-electron chi connectivity index (χ1n) is 6.11. The molecule has 22 heavy (non-hydrogen) atoms. The number of rotatable bonds is 5. The van der Waals surface area contributed by atoms with E-state index >= 15 is 0 Å². The molecule has 2 unspecified atom stereocenters. The maximum atomic E-state index is 11.2. The minimum absolute atomic E-state index is 0.689. The van der Waals surface area contributed by atoms with Gasteiger partial charge in [0.25, 0.3) is 5.09 Å². The summed E-state index contributed by atoms with van der Waals surface area (Å²) in [5.41, 5.74) is 8.59. The number of carbonyl (C=O) groups is 2. The molecule has 0 radical (unpaired) electrons. The maximum absolute atomic E-state index is 11.2. The Morgan fingerprint density at radius 2 is 1.82 bits per heavy atom. The first-order chi connectivity index (χ1) is 10.3. The highest BCUT2D eigenvalue weighted by atomic mass is 17.0. The van der Waals surface area contributed by atoms with Crippen LogP contribution in [0.1, 0.15) is 20.8 Å². The highest BCUT2D eigenvalue weighted by molar-refractivity contribution is 5.67. The molecule has 0 aliphatic carbocycles. The molecule has 0 amide bonds. The zero-order chi connectivity index (χ0) is 16.9. The molecular weight excluding hydrogens is 304 g/mol. The summed E-state index contributed by atoms with van der Waals surface area (Å²) in [4.78, 5) is 39.7. The fraction of sp³-hybridized carbons (Fsp3) is 0.800. The normalized spacial score (nSPS) is 30.6. The van der Waals surface area contributed by atoms with Crippen LogP contribution >= 0.6 is 0 Å². The van der Waals surface area contributed by atoms with E-state index in [1.807, 2.05) is 0 Å². The molecule has 0 bridgehead atoms. The van der Waals surface area contributed by atoms with E-state index in [0.29, 0.717) is 0 Å². The zero-order valence-corrected chi connectivity index (χ0v) is 11.9. The molecule has 1 aliphatic heterocycles. The molecule has 1 aliphatic rings. The highest BCUT2D eigenvalue weighted by Gasteiger charge is 2.49. The van der Waals surface area contributed by atoms with Gasteiger partial charge in [0.05, 0.1) is 6.10 Å². The average Bonchev–Trinajstić information content (AvgIpc) is 2.36. The molecule has 12 nitrogen and oxygen atoms in total. The second kappa shape index (κ2) is 7.43. The lowest BCUT2D eigenvalue weighted by atomic mass is 9.97. The fourth-order valence-corrected chi connectivity index (χ4v) is 2.02. The lowest BCUT2D eigenvalue weighted by Gasteiger charge is -2.41. The van der Waals surface area contributed by atoms with Gasteiger partial charge in [0.2, 0.25) is 6.29 Å². The monoisotopic (exact) mass is 318 g/mol. The number of hydrogen-bond acceptors (Lipinski definition) is 9. The minimum Gasteiger partial charge on any atom is -0.458 e. The van der Waals surface area contributed by atoms with Gasteiger partial charge in [-0.15, -0.1) is 10.1 Å². The zero-order valence-electron chi connectivity index (χ0n) is 11.9. The molecule has 0 aromatic carbocycles. The van der Waals surface area contributed by atoms with E-state index in [4.69, 9.17) is 19.7 Å². The second-order valence-electron chi connectivity index (χ2n) is 4.38. The van der Waals surface area contributed by atoms with Gasteiger partial charge in [-0.25, -0.2) is 0 Å². The van der Waals surface area contributed by atoms with E-state index in [-0.39, 0.29) is 0 Å². The summed E-state index contributed by atoms with van der Waals surface area (Å²) in [7, 11) is 0. The molecule has 0 spiro atoms. The van der Waals surface area contributed by atoms with Gasteiger partial charge in [0.1, 0.15) is 6.04 Å². The van der Waals surface area contributed by atoms with Gasteiger partial charge in [-0.1, -0.05) is 5.11 Å². The summed E-state index contributed by atoms with van der Waals surface area (Å²) in [6.07, 6.45) is -4.89. The maximum Gasteiger partial charge on any atom is 0.303 e. The van der Waals surface area contributed by atoms with Crippen molar-refractivity contribution in [3.63, 3.8) is 0 Å². The van der Waals surface area contributed by atoms with E-state index < -0.39 is 47.7 Å². The van der Waals surface area contributed by atoms with Crippen LogP contribution in [0.15, 0.2) is 5.11 Å². The number of esters is 2. The van der Waals surface area contributed by atoms with E-state index in [1.54, 1.807) is 0 Å². The van der Waals surface area contributed by atoms with E-state index in [2.05, 4.69) is 14.9 Å². The average molecular weight is 318 g/mol. The summed E-state index contributed by atoms with van der Waals surface area (Å²) in [6, 6.07) is -1.40. The molecule has 1 saturated heterocycles. The number of ether oxygens (including phenoxy) is 3. The second-order valence-corrected chi connectivity index (χ2v) is 4.38. The summed E-state index contributed by atoms with van der Waals surface area (Å²) in [5, 5.41) is 12.7. The Kier molecular flexibility index (Phi) is 5.90. The highest BCUT2D eigenvalue weighted by Crippen LogP contribution is 2.29. The van der Waals surface area contributed by atoms with Crippen LogP contribution in [0.2, 0.25) is 0 Å². The Morgan fingerprint density at radius 1 is 1.27 bits per heavy atom. The largest absolute Gasteiger partial charge is 0.458 e. The molecule has 1 fully saturated rings. The van der Waals surface area contributed by atoms with Crippen molar-refractivity contribution in [2.24, 2.45) is 5.11 Å². The van der Waals surface area contributed by atoms with Crippen molar-refractivity contribution in [3.8, 4) is 0 Å². The summed E-state index contributed by atoms with van der Waals surface area (Å²) < 4.78 is 15.2.